The van der Waals surface area contributed by atoms with Crippen LogP contribution in [0.15, 0.2) is 29.6 Å². The Kier molecular flexibility index (Phi) is 3.82. The molecular formula is C12H10N4O2S. The van der Waals surface area contributed by atoms with Crippen LogP contribution in [0.4, 0.5) is 0 Å². The first-order chi connectivity index (χ1) is 9.11. The number of carboxylic acids is 1. The van der Waals surface area contributed by atoms with Crippen molar-refractivity contribution in [1.82, 2.24) is 14.8 Å². The lowest BCUT2D eigenvalue weighted by atomic mass is 10.3. The van der Waals surface area contributed by atoms with E-state index in [4.69, 9.17) is 10.4 Å². The summed E-state index contributed by atoms with van der Waals surface area (Å²) in [5.41, 5.74) is 1.33. The molecule has 0 amide bonds. The van der Waals surface area contributed by atoms with Crippen molar-refractivity contribution in [2.45, 2.75) is 10.8 Å². The normalized spacial score (nSPS) is 10.1. The molecule has 0 bridgehead atoms. The number of nitriles is 1. The van der Waals surface area contributed by atoms with E-state index in [1.807, 2.05) is 6.07 Å². The van der Waals surface area contributed by atoms with E-state index in [2.05, 4.69) is 10.1 Å². The number of rotatable bonds is 4. The lowest BCUT2D eigenvalue weighted by molar-refractivity contribution is 0.0696. The number of aromatic nitrogens is 3. The van der Waals surface area contributed by atoms with Crippen molar-refractivity contribution < 1.29 is 9.90 Å². The number of hydrogen-bond donors (Lipinski definition) is 1. The van der Waals surface area contributed by atoms with Gasteiger partial charge in [-0.1, -0.05) is 11.8 Å². The molecule has 0 aliphatic carbocycles. The highest BCUT2D eigenvalue weighted by Crippen LogP contribution is 2.23. The smallest absolute Gasteiger partial charge is 0.339 e. The Bertz CT molecular complexity index is 660. The Morgan fingerprint density at radius 1 is 1.63 bits per heavy atom. The van der Waals surface area contributed by atoms with Crippen molar-refractivity contribution >= 4 is 17.7 Å². The van der Waals surface area contributed by atoms with Crippen LogP contribution in [0.2, 0.25) is 0 Å². The molecule has 0 aliphatic heterocycles. The van der Waals surface area contributed by atoms with Crippen molar-refractivity contribution in [2.24, 2.45) is 7.05 Å². The van der Waals surface area contributed by atoms with E-state index in [1.54, 1.807) is 25.4 Å². The molecule has 0 unspecified atom stereocenters. The molecule has 6 nitrogen and oxygen atoms in total. The Morgan fingerprint density at radius 2 is 2.42 bits per heavy atom. The van der Waals surface area contributed by atoms with E-state index < -0.39 is 5.97 Å². The Hall–Kier alpha value is -2.33. The van der Waals surface area contributed by atoms with Crippen LogP contribution < -0.4 is 0 Å². The summed E-state index contributed by atoms with van der Waals surface area (Å²) >= 11 is 1.37. The maximum atomic E-state index is 11.0. The molecule has 0 radical (unpaired) electrons. The molecule has 0 aliphatic rings. The summed E-state index contributed by atoms with van der Waals surface area (Å²) in [4.78, 5) is 15.2. The molecule has 0 aromatic carbocycles. The summed E-state index contributed by atoms with van der Waals surface area (Å²) in [6.45, 7) is 0. The maximum Gasteiger partial charge on any atom is 0.339 e. The SMILES string of the molecule is Cn1ncc(C(=O)O)c1CSc1cc(C#N)ccn1. The van der Waals surface area contributed by atoms with Crippen LogP contribution in [0.3, 0.4) is 0 Å². The zero-order chi connectivity index (χ0) is 13.8. The summed E-state index contributed by atoms with van der Waals surface area (Å²) in [5, 5.41) is 22.4. The maximum absolute atomic E-state index is 11.0. The van der Waals surface area contributed by atoms with Crippen molar-refractivity contribution in [3.63, 3.8) is 0 Å². The fraction of sp³-hybridized carbons (Fsp3) is 0.167. The number of carboxylic acid groups (broad SMARTS) is 1. The molecule has 2 aromatic rings. The van der Waals surface area contributed by atoms with Gasteiger partial charge in [-0.25, -0.2) is 9.78 Å². The van der Waals surface area contributed by atoms with Crippen molar-refractivity contribution in [1.29, 1.82) is 5.26 Å². The minimum atomic E-state index is -0.998. The number of thioether (sulfide) groups is 1. The Morgan fingerprint density at radius 3 is 3.11 bits per heavy atom. The summed E-state index contributed by atoms with van der Waals surface area (Å²) in [6, 6.07) is 5.33. The second-order valence-electron chi connectivity index (χ2n) is 3.72. The average molecular weight is 274 g/mol. The standard InChI is InChI=1S/C12H10N4O2S/c1-16-10(9(6-15-16)12(17)18)7-19-11-4-8(5-13)2-3-14-11/h2-4,6H,7H2,1H3,(H,17,18). The highest BCUT2D eigenvalue weighted by Gasteiger charge is 2.15. The fourth-order valence-electron chi connectivity index (χ4n) is 1.51. The summed E-state index contributed by atoms with van der Waals surface area (Å²) < 4.78 is 1.53. The minimum absolute atomic E-state index is 0.187. The predicted octanol–water partition coefficient (Wildman–Crippen LogP) is 1.68. The van der Waals surface area contributed by atoms with Gasteiger partial charge in [-0.3, -0.25) is 4.68 Å². The number of pyridine rings is 1. The fourth-order valence-corrected chi connectivity index (χ4v) is 2.49. The van der Waals surface area contributed by atoms with Gasteiger partial charge in [-0.15, -0.1) is 0 Å². The van der Waals surface area contributed by atoms with Crippen molar-refractivity contribution in [3.05, 3.63) is 41.3 Å². The topological polar surface area (TPSA) is 91.8 Å². The van der Waals surface area contributed by atoms with E-state index in [0.29, 0.717) is 22.0 Å². The molecular weight excluding hydrogens is 264 g/mol. The molecule has 2 rings (SSSR count). The third-order valence-electron chi connectivity index (χ3n) is 2.51. The van der Waals surface area contributed by atoms with Crippen LogP contribution in [0, 0.1) is 11.3 Å². The number of aryl methyl sites for hydroxylation is 1. The van der Waals surface area contributed by atoms with Gasteiger partial charge in [0, 0.05) is 19.0 Å². The second kappa shape index (κ2) is 5.54. The van der Waals surface area contributed by atoms with Crippen LogP contribution in [-0.2, 0) is 12.8 Å². The molecule has 2 aromatic heterocycles. The lowest BCUT2D eigenvalue weighted by Gasteiger charge is -2.03. The summed E-state index contributed by atoms with van der Waals surface area (Å²) in [6.07, 6.45) is 2.89. The summed E-state index contributed by atoms with van der Waals surface area (Å²) in [5.74, 6) is -0.567. The minimum Gasteiger partial charge on any atom is -0.478 e. The van der Waals surface area contributed by atoms with Gasteiger partial charge in [-0.05, 0) is 12.1 Å². The van der Waals surface area contributed by atoms with E-state index in [1.165, 1.54) is 22.6 Å². The monoisotopic (exact) mass is 274 g/mol. The molecule has 96 valence electrons. The van der Waals surface area contributed by atoms with E-state index in [0.717, 1.165) is 0 Å². The molecule has 0 fully saturated rings. The van der Waals surface area contributed by atoms with Gasteiger partial charge in [-0.2, -0.15) is 10.4 Å². The van der Waals surface area contributed by atoms with Crippen LogP contribution in [0.5, 0.6) is 0 Å². The molecule has 2 heterocycles. The van der Waals surface area contributed by atoms with Crippen molar-refractivity contribution in [3.8, 4) is 6.07 Å². The summed E-state index contributed by atoms with van der Waals surface area (Å²) in [7, 11) is 1.70. The van der Waals surface area contributed by atoms with Gasteiger partial charge in [0.05, 0.1) is 28.5 Å². The van der Waals surface area contributed by atoms with Crippen LogP contribution in [-0.4, -0.2) is 25.8 Å². The first-order valence-electron chi connectivity index (χ1n) is 5.35. The first kappa shape index (κ1) is 13.1. The van der Waals surface area contributed by atoms with Crippen molar-refractivity contribution in [2.75, 3.05) is 0 Å². The van der Waals surface area contributed by atoms with E-state index in [-0.39, 0.29) is 5.56 Å². The second-order valence-corrected chi connectivity index (χ2v) is 4.71. The van der Waals surface area contributed by atoms with Gasteiger partial charge in [0.1, 0.15) is 5.56 Å². The molecule has 0 saturated carbocycles. The van der Waals surface area contributed by atoms with E-state index >= 15 is 0 Å². The third-order valence-corrected chi connectivity index (χ3v) is 3.45. The molecule has 19 heavy (non-hydrogen) atoms. The van der Waals surface area contributed by atoms with Crippen LogP contribution in [0.1, 0.15) is 21.6 Å². The number of carbonyl (C=O) groups is 1. The molecule has 0 atom stereocenters. The van der Waals surface area contributed by atoms with Gasteiger partial charge >= 0.3 is 5.97 Å². The number of hydrogen-bond acceptors (Lipinski definition) is 5. The van der Waals surface area contributed by atoms with Gasteiger partial charge in [0.15, 0.2) is 0 Å². The van der Waals surface area contributed by atoms with Gasteiger partial charge in [0.2, 0.25) is 0 Å². The Labute approximate surface area is 113 Å². The number of nitrogens with zero attached hydrogens (tertiary/aromatic N) is 4. The Balaban J connectivity index is 2.17. The highest BCUT2D eigenvalue weighted by molar-refractivity contribution is 7.98. The van der Waals surface area contributed by atoms with Crippen LogP contribution >= 0.6 is 11.8 Å². The third kappa shape index (κ3) is 2.92. The first-order valence-corrected chi connectivity index (χ1v) is 6.33. The lowest BCUT2D eigenvalue weighted by Crippen LogP contribution is -2.03. The average Bonchev–Trinajstić information content (AvgIpc) is 2.78. The van der Waals surface area contributed by atoms with Gasteiger partial charge < -0.3 is 5.11 Å². The molecule has 1 N–H and O–H groups in total. The molecule has 7 heteroatoms. The zero-order valence-electron chi connectivity index (χ0n) is 10.1. The molecule has 0 spiro atoms. The van der Waals surface area contributed by atoms with Gasteiger partial charge in [0.25, 0.3) is 0 Å². The largest absolute Gasteiger partial charge is 0.478 e. The quantitative estimate of drug-likeness (QED) is 0.853. The zero-order valence-corrected chi connectivity index (χ0v) is 10.9. The molecule has 0 saturated heterocycles. The highest BCUT2D eigenvalue weighted by atomic mass is 32.2. The van der Waals surface area contributed by atoms with Crippen LogP contribution in [0.25, 0.3) is 0 Å². The van der Waals surface area contributed by atoms with E-state index in [9.17, 15) is 4.79 Å². The number of aromatic carboxylic acids is 1. The predicted molar refractivity (Wildman–Crippen MR) is 68.7 cm³/mol.